The van der Waals surface area contributed by atoms with Gasteiger partial charge in [0, 0.05) is 25.1 Å². The van der Waals surface area contributed by atoms with Gasteiger partial charge in [-0.1, -0.05) is 24.3 Å². The number of H-pyrrole nitrogens is 1. The first kappa shape index (κ1) is 12.8. The van der Waals surface area contributed by atoms with Gasteiger partial charge in [0.2, 0.25) is 11.7 Å². The number of carbonyl (C=O) groups is 1. The van der Waals surface area contributed by atoms with E-state index >= 15 is 0 Å². The number of nitrogens with one attached hydrogen (secondary N) is 1. The number of rotatable bonds is 5. The van der Waals surface area contributed by atoms with Crippen molar-refractivity contribution in [2.45, 2.75) is 31.7 Å². The summed E-state index contributed by atoms with van der Waals surface area (Å²) in [7, 11) is 1.89. The van der Waals surface area contributed by atoms with Crippen LogP contribution in [0, 0.1) is 0 Å². The number of nitrogens with zero attached hydrogens (tertiary/aromatic N) is 4. The minimum atomic E-state index is 0.204. The summed E-state index contributed by atoms with van der Waals surface area (Å²) in [6, 6.07) is 8.34. The fraction of sp³-hybridized carbons (Fsp3) is 0.429. The molecule has 0 bridgehead atoms. The molecule has 6 heteroatoms. The van der Waals surface area contributed by atoms with Crippen molar-refractivity contribution in [3.8, 4) is 11.4 Å². The van der Waals surface area contributed by atoms with Crippen molar-refractivity contribution in [2.75, 3.05) is 7.05 Å². The lowest BCUT2D eigenvalue weighted by molar-refractivity contribution is -0.130. The fourth-order valence-electron chi connectivity index (χ4n) is 2.32. The standard InChI is InChI=1S/C14H17N5O/c1-19(11-7-8-11)13(20)9-6-10-4-2-3-5-12(10)14-15-17-18-16-14/h2-5,11H,6-9H2,1H3,(H,15,16,17,18). The van der Waals surface area contributed by atoms with Gasteiger partial charge in [-0.3, -0.25) is 4.79 Å². The van der Waals surface area contributed by atoms with E-state index in [0.29, 0.717) is 24.7 Å². The lowest BCUT2D eigenvalue weighted by Crippen LogP contribution is -2.28. The molecule has 1 N–H and O–H groups in total. The molecule has 104 valence electrons. The van der Waals surface area contributed by atoms with Gasteiger partial charge in [-0.15, -0.1) is 10.2 Å². The highest BCUT2D eigenvalue weighted by Crippen LogP contribution is 2.26. The van der Waals surface area contributed by atoms with Crippen LogP contribution in [0.1, 0.15) is 24.8 Å². The molecule has 1 aromatic heterocycles. The van der Waals surface area contributed by atoms with Crippen LogP contribution in [0.25, 0.3) is 11.4 Å². The quantitative estimate of drug-likeness (QED) is 0.892. The van der Waals surface area contributed by atoms with Crippen LogP contribution in [0.3, 0.4) is 0 Å². The van der Waals surface area contributed by atoms with E-state index < -0.39 is 0 Å². The Kier molecular flexibility index (Phi) is 3.45. The number of aryl methyl sites for hydroxylation is 1. The molecular formula is C14H17N5O. The summed E-state index contributed by atoms with van der Waals surface area (Å²) in [6.07, 6.45) is 3.49. The van der Waals surface area contributed by atoms with Gasteiger partial charge in [0.05, 0.1) is 0 Å². The number of hydrogen-bond donors (Lipinski definition) is 1. The third-order valence-corrected chi connectivity index (χ3v) is 3.70. The van der Waals surface area contributed by atoms with Gasteiger partial charge in [-0.2, -0.15) is 5.21 Å². The van der Waals surface area contributed by atoms with E-state index in [4.69, 9.17) is 0 Å². The number of amides is 1. The second-order valence-corrected chi connectivity index (χ2v) is 5.13. The summed E-state index contributed by atoms with van der Waals surface area (Å²) in [5.74, 6) is 0.777. The van der Waals surface area contributed by atoms with Crippen molar-refractivity contribution >= 4 is 5.91 Å². The summed E-state index contributed by atoms with van der Waals surface area (Å²) in [6.45, 7) is 0. The van der Waals surface area contributed by atoms with Crippen molar-refractivity contribution in [2.24, 2.45) is 0 Å². The Labute approximate surface area is 117 Å². The Morgan fingerprint density at radius 1 is 1.40 bits per heavy atom. The van der Waals surface area contributed by atoms with Gasteiger partial charge in [0.15, 0.2) is 0 Å². The molecule has 2 aromatic rings. The number of carbonyl (C=O) groups excluding carboxylic acids is 1. The van der Waals surface area contributed by atoms with E-state index in [9.17, 15) is 4.79 Å². The summed E-state index contributed by atoms with van der Waals surface area (Å²) in [5.41, 5.74) is 2.01. The summed E-state index contributed by atoms with van der Waals surface area (Å²) >= 11 is 0. The largest absolute Gasteiger partial charge is 0.343 e. The topological polar surface area (TPSA) is 74.8 Å². The highest BCUT2D eigenvalue weighted by atomic mass is 16.2. The smallest absolute Gasteiger partial charge is 0.222 e. The Bertz CT molecular complexity index is 591. The third-order valence-electron chi connectivity index (χ3n) is 3.70. The molecule has 0 atom stereocenters. The molecule has 0 spiro atoms. The highest BCUT2D eigenvalue weighted by Gasteiger charge is 2.29. The number of benzene rings is 1. The molecule has 1 aromatic carbocycles. The summed E-state index contributed by atoms with van der Waals surface area (Å²) < 4.78 is 0. The van der Waals surface area contributed by atoms with E-state index in [1.54, 1.807) is 0 Å². The molecule has 0 aliphatic heterocycles. The molecule has 1 fully saturated rings. The van der Waals surface area contributed by atoms with Crippen LogP contribution < -0.4 is 0 Å². The molecule has 1 aliphatic rings. The monoisotopic (exact) mass is 271 g/mol. The highest BCUT2D eigenvalue weighted by molar-refractivity contribution is 5.77. The first-order valence-corrected chi connectivity index (χ1v) is 6.83. The number of hydrogen-bond acceptors (Lipinski definition) is 4. The second kappa shape index (κ2) is 5.40. The average molecular weight is 271 g/mol. The Morgan fingerprint density at radius 2 is 2.20 bits per heavy atom. The molecule has 1 aliphatic carbocycles. The summed E-state index contributed by atoms with van der Waals surface area (Å²) in [5, 5.41) is 14.0. The molecule has 0 unspecified atom stereocenters. The van der Waals surface area contributed by atoms with Crippen LogP contribution in [0.4, 0.5) is 0 Å². The molecule has 0 radical (unpaired) electrons. The average Bonchev–Trinajstić information content (AvgIpc) is 3.19. The minimum Gasteiger partial charge on any atom is -0.343 e. The van der Waals surface area contributed by atoms with Crippen molar-refractivity contribution in [3.05, 3.63) is 29.8 Å². The van der Waals surface area contributed by atoms with Gasteiger partial charge in [0.25, 0.3) is 0 Å². The maximum atomic E-state index is 12.1. The van der Waals surface area contributed by atoms with Gasteiger partial charge in [-0.05, 0) is 30.0 Å². The van der Waals surface area contributed by atoms with Crippen molar-refractivity contribution in [1.82, 2.24) is 25.5 Å². The fourth-order valence-corrected chi connectivity index (χ4v) is 2.32. The molecule has 1 saturated carbocycles. The van der Waals surface area contributed by atoms with Gasteiger partial charge in [0.1, 0.15) is 0 Å². The molecule has 20 heavy (non-hydrogen) atoms. The first-order chi connectivity index (χ1) is 9.75. The lowest BCUT2D eigenvalue weighted by Gasteiger charge is -2.16. The minimum absolute atomic E-state index is 0.204. The van der Waals surface area contributed by atoms with Crippen LogP contribution >= 0.6 is 0 Å². The van der Waals surface area contributed by atoms with Crippen molar-refractivity contribution < 1.29 is 4.79 Å². The number of aromatic nitrogens is 4. The molecular weight excluding hydrogens is 254 g/mol. The van der Waals surface area contributed by atoms with Gasteiger partial charge < -0.3 is 4.90 Å². The van der Waals surface area contributed by atoms with E-state index in [0.717, 1.165) is 24.0 Å². The van der Waals surface area contributed by atoms with Crippen LogP contribution in [0.5, 0.6) is 0 Å². The van der Waals surface area contributed by atoms with Crippen LogP contribution in [0.2, 0.25) is 0 Å². The van der Waals surface area contributed by atoms with Gasteiger partial charge >= 0.3 is 0 Å². The Balaban J connectivity index is 1.70. The molecule has 6 nitrogen and oxygen atoms in total. The molecule has 1 heterocycles. The van der Waals surface area contributed by atoms with Crippen molar-refractivity contribution in [3.63, 3.8) is 0 Å². The molecule has 0 saturated heterocycles. The number of aromatic amines is 1. The first-order valence-electron chi connectivity index (χ1n) is 6.83. The Hall–Kier alpha value is -2.24. The third kappa shape index (κ3) is 2.68. The van der Waals surface area contributed by atoms with Crippen molar-refractivity contribution in [1.29, 1.82) is 0 Å². The zero-order chi connectivity index (χ0) is 13.9. The maximum absolute atomic E-state index is 12.1. The van der Waals surface area contributed by atoms with Crippen LogP contribution in [0.15, 0.2) is 24.3 Å². The second-order valence-electron chi connectivity index (χ2n) is 5.13. The van der Waals surface area contributed by atoms with E-state index in [2.05, 4.69) is 20.6 Å². The predicted octanol–water partition coefficient (Wildman–Crippen LogP) is 1.42. The molecule has 1 amide bonds. The zero-order valence-corrected chi connectivity index (χ0v) is 11.4. The summed E-state index contributed by atoms with van der Waals surface area (Å²) in [4.78, 5) is 13.9. The number of tetrazole rings is 1. The Morgan fingerprint density at radius 3 is 2.90 bits per heavy atom. The van der Waals surface area contributed by atoms with Crippen LogP contribution in [-0.4, -0.2) is 44.5 Å². The molecule has 3 rings (SSSR count). The predicted molar refractivity (Wildman–Crippen MR) is 73.7 cm³/mol. The van der Waals surface area contributed by atoms with Gasteiger partial charge in [-0.25, -0.2) is 0 Å². The van der Waals surface area contributed by atoms with E-state index in [1.807, 2.05) is 36.2 Å². The normalized spacial score (nSPS) is 14.2. The lowest BCUT2D eigenvalue weighted by atomic mass is 10.0. The maximum Gasteiger partial charge on any atom is 0.222 e. The zero-order valence-electron chi connectivity index (χ0n) is 11.4. The van der Waals surface area contributed by atoms with E-state index in [1.165, 1.54) is 0 Å². The SMILES string of the molecule is CN(C(=O)CCc1ccccc1-c1nn[nH]n1)C1CC1. The van der Waals surface area contributed by atoms with Crippen LogP contribution in [-0.2, 0) is 11.2 Å². The van der Waals surface area contributed by atoms with E-state index in [-0.39, 0.29) is 5.91 Å².